The maximum absolute atomic E-state index is 13.4. The summed E-state index contributed by atoms with van der Waals surface area (Å²) < 4.78 is 5.57. The maximum atomic E-state index is 13.4. The number of nitrogens with one attached hydrogen (secondary N) is 1. The fourth-order valence-corrected chi connectivity index (χ4v) is 4.42. The molecule has 158 valence electrons. The molecule has 7 heteroatoms. The second-order valence-corrected chi connectivity index (χ2v) is 8.19. The Morgan fingerprint density at radius 1 is 1.16 bits per heavy atom. The molecule has 0 radical (unpaired) electrons. The molecule has 1 aromatic carbocycles. The van der Waals surface area contributed by atoms with E-state index in [-0.39, 0.29) is 12.1 Å². The van der Waals surface area contributed by atoms with E-state index in [1.807, 2.05) is 36.6 Å². The Morgan fingerprint density at radius 2 is 1.97 bits per heavy atom. The Bertz CT molecular complexity index is 1090. The van der Waals surface area contributed by atoms with Crippen molar-refractivity contribution in [2.24, 2.45) is 0 Å². The van der Waals surface area contributed by atoms with Crippen LogP contribution in [0.4, 0.5) is 0 Å². The van der Waals surface area contributed by atoms with E-state index < -0.39 is 23.5 Å². The van der Waals surface area contributed by atoms with Crippen molar-refractivity contribution in [2.45, 2.75) is 25.9 Å². The third-order valence-corrected chi connectivity index (χ3v) is 5.98. The number of Topliss-reactive ketones (excluding diaryl/α,β-unsaturated/α-hetero) is 1. The van der Waals surface area contributed by atoms with Crippen LogP contribution in [0.2, 0.25) is 0 Å². The van der Waals surface area contributed by atoms with Crippen molar-refractivity contribution in [3.63, 3.8) is 0 Å². The SMILES string of the molecule is CCCOc1ccc(C([O-])=C2C(=O)C(=O)N(Cc3ccc[nH+]c3)C2c2cccs2)cc1. The minimum Gasteiger partial charge on any atom is -0.872 e. The molecule has 31 heavy (non-hydrogen) atoms. The van der Waals surface area contributed by atoms with E-state index in [4.69, 9.17) is 4.74 Å². The number of carbonyl (C=O) groups is 2. The van der Waals surface area contributed by atoms with Crippen LogP contribution in [0.5, 0.6) is 5.75 Å². The van der Waals surface area contributed by atoms with Gasteiger partial charge in [0.2, 0.25) is 5.78 Å². The van der Waals surface area contributed by atoms with Crippen LogP contribution in [-0.2, 0) is 16.1 Å². The Morgan fingerprint density at radius 3 is 2.61 bits per heavy atom. The lowest BCUT2D eigenvalue weighted by molar-refractivity contribution is -0.378. The number of rotatable bonds is 7. The third-order valence-electron chi connectivity index (χ3n) is 5.06. The lowest BCUT2D eigenvalue weighted by atomic mass is 9.99. The number of aromatic amines is 1. The molecule has 6 nitrogen and oxygen atoms in total. The van der Waals surface area contributed by atoms with Gasteiger partial charge in [-0.15, -0.1) is 11.3 Å². The van der Waals surface area contributed by atoms with E-state index in [9.17, 15) is 14.7 Å². The van der Waals surface area contributed by atoms with Gasteiger partial charge in [0.05, 0.1) is 19.2 Å². The maximum Gasteiger partial charge on any atom is 0.295 e. The van der Waals surface area contributed by atoms with Gasteiger partial charge in [0.15, 0.2) is 12.4 Å². The van der Waals surface area contributed by atoms with E-state index in [1.54, 1.807) is 36.7 Å². The molecule has 1 unspecified atom stereocenters. The van der Waals surface area contributed by atoms with Crippen LogP contribution < -0.4 is 14.8 Å². The zero-order valence-corrected chi connectivity index (χ0v) is 17.9. The van der Waals surface area contributed by atoms with Crippen LogP contribution >= 0.6 is 11.3 Å². The standard InChI is InChI=1S/C24H22N2O4S/c1-2-12-30-18-9-7-17(8-10-18)22(27)20-21(19-6-4-13-31-19)26(24(29)23(20)28)15-16-5-3-11-25-14-16/h3-11,13-14,21,27H,2,12,15H2,1H3. The lowest BCUT2D eigenvalue weighted by Crippen LogP contribution is -2.29. The van der Waals surface area contributed by atoms with Crippen molar-refractivity contribution < 1.29 is 24.4 Å². The first-order valence-electron chi connectivity index (χ1n) is 10.1. The first-order valence-corrected chi connectivity index (χ1v) is 11.0. The summed E-state index contributed by atoms with van der Waals surface area (Å²) in [5, 5.41) is 15.2. The Balaban J connectivity index is 1.74. The second kappa shape index (κ2) is 9.14. The molecule has 3 aromatic rings. The summed E-state index contributed by atoms with van der Waals surface area (Å²) in [6.45, 7) is 2.83. The molecule has 1 aliphatic rings. The molecule has 3 heterocycles. The molecule has 1 saturated heterocycles. The predicted molar refractivity (Wildman–Crippen MR) is 115 cm³/mol. The summed E-state index contributed by atoms with van der Waals surface area (Å²) in [6, 6.07) is 13.4. The van der Waals surface area contributed by atoms with Gasteiger partial charge in [-0.05, 0) is 41.6 Å². The number of hydrogen-bond donors (Lipinski definition) is 0. The van der Waals surface area contributed by atoms with Crippen LogP contribution in [0.3, 0.4) is 0 Å². The second-order valence-electron chi connectivity index (χ2n) is 7.21. The summed E-state index contributed by atoms with van der Waals surface area (Å²) in [5.74, 6) is -1.17. The highest BCUT2D eigenvalue weighted by Gasteiger charge is 2.44. The fraction of sp³-hybridized carbons (Fsp3) is 0.208. The van der Waals surface area contributed by atoms with Gasteiger partial charge in [-0.25, -0.2) is 4.98 Å². The number of ketones is 1. The minimum absolute atomic E-state index is 0.00501. The highest BCUT2D eigenvalue weighted by molar-refractivity contribution is 7.10. The molecular formula is C24H22N2O4S. The molecule has 1 aliphatic heterocycles. The van der Waals surface area contributed by atoms with Crippen molar-refractivity contribution in [3.05, 3.63) is 87.9 Å². The third kappa shape index (κ3) is 4.22. The number of thiophene rings is 1. The summed E-state index contributed by atoms with van der Waals surface area (Å²) >= 11 is 1.42. The Labute approximate surface area is 184 Å². The number of nitrogens with zero attached hydrogens (tertiary/aromatic N) is 1. The number of ether oxygens (including phenoxy) is 1. The molecule has 0 aliphatic carbocycles. The van der Waals surface area contributed by atoms with Crippen molar-refractivity contribution in [1.29, 1.82) is 0 Å². The average Bonchev–Trinajstić information content (AvgIpc) is 3.41. The molecule has 1 atom stereocenters. The van der Waals surface area contributed by atoms with Crippen molar-refractivity contribution in [3.8, 4) is 5.75 Å². The topological polar surface area (TPSA) is 83.8 Å². The first kappa shape index (κ1) is 20.8. The molecule has 0 saturated carbocycles. The number of H-pyrrole nitrogens is 1. The van der Waals surface area contributed by atoms with Gasteiger partial charge in [-0.1, -0.05) is 30.9 Å². The number of carbonyl (C=O) groups excluding carboxylic acids is 2. The predicted octanol–water partition coefficient (Wildman–Crippen LogP) is 2.78. The van der Waals surface area contributed by atoms with Crippen molar-refractivity contribution in [2.75, 3.05) is 6.61 Å². The van der Waals surface area contributed by atoms with Crippen LogP contribution in [0.1, 0.15) is 35.4 Å². The minimum atomic E-state index is -0.741. The van der Waals surface area contributed by atoms with Gasteiger partial charge >= 0.3 is 0 Å². The Hall–Kier alpha value is -3.45. The highest BCUT2D eigenvalue weighted by atomic mass is 32.1. The number of aromatic nitrogens is 1. The number of likely N-dealkylation sites (tertiary alicyclic amines) is 1. The molecule has 0 bridgehead atoms. The normalized spacial score (nSPS) is 17.8. The smallest absolute Gasteiger partial charge is 0.295 e. The number of hydrogen-bond acceptors (Lipinski definition) is 5. The quantitative estimate of drug-likeness (QED) is 0.325. The average molecular weight is 435 g/mol. The first-order chi connectivity index (χ1) is 15.1. The van der Waals surface area contributed by atoms with Crippen LogP contribution in [-0.4, -0.2) is 23.2 Å². The number of amides is 1. The van der Waals surface area contributed by atoms with Gasteiger partial charge in [-0.2, -0.15) is 0 Å². The number of benzene rings is 1. The summed E-state index contributed by atoms with van der Waals surface area (Å²) in [4.78, 5) is 31.1. The van der Waals surface area contributed by atoms with Crippen LogP contribution in [0.25, 0.3) is 5.76 Å². The van der Waals surface area contributed by atoms with Crippen molar-refractivity contribution in [1.82, 2.24) is 4.90 Å². The molecule has 1 fully saturated rings. The molecule has 1 N–H and O–H groups in total. The van der Waals surface area contributed by atoms with E-state index in [0.717, 1.165) is 16.9 Å². The van der Waals surface area contributed by atoms with Gasteiger partial charge in [0.1, 0.15) is 5.75 Å². The van der Waals surface area contributed by atoms with Gasteiger partial charge in [0, 0.05) is 22.1 Å². The number of pyridine rings is 1. The molecule has 1 amide bonds. The Kier molecular flexibility index (Phi) is 6.13. The van der Waals surface area contributed by atoms with E-state index in [0.29, 0.717) is 17.9 Å². The lowest BCUT2D eigenvalue weighted by Gasteiger charge is -2.26. The summed E-state index contributed by atoms with van der Waals surface area (Å²) in [7, 11) is 0. The molecule has 0 spiro atoms. The fourth-order valence-electron chi connectivity index (χ4n) is 3.58. The van der Waals surface area contributed by atoms with Crippen LogP contribution in [0.15, 0.2) is 71.9 Å². The van der Waals surface area contributed by atoms with Gasteiger partial charge in [0.25, 0.3) is 5.91 Å². The monoisotopic (exact) mass is 434 g/mol. The zero-order valence-electron chi connectivity index (χ0n) is 17.0. The largest absolute Gasteiger partial charge is 0.872 e. The van der Waals surface area contributed by atoms with Crippen molar-refractivity contribution >= 4 is 28.8 Å². The van der Waals surface area contributed by atoms with E-state index in [2.05, 4.69) is 4.98 Å². The molecule has 2 aromatic heterocycles. The summed E-state index contributed by atoms with van der Waals surface area (Å²) in [5.41, 5.74) is 1.20. The highest BCUT2D eigenvalue weighted by Crippen LogP contribution is 2.41. The van der Waals surface area contributed by atoms with E-state index >= 15 is 0 Å². The summed E-state index contributed by atoms with van der Waals surface area (Å²) in [6.07, 6.45) is 4.43. The van der Waals surface area contributed by atoms with Gasteiger partial charge < -0.3 is 14.7 Å². The van der Waals surface area contributed by atoms with Gasteiger partial charge in [-0.3, -0.25) is 9.59 Å². The molecule has 4 rings (SSSR count). The van der Waals surface area contributed by atoms with E-state index in [1.165, 1.54) is 16.2 Å². The molecular weight excluding hydrogens is 412 g/mol. The van der Waals surface area contributed by atoms with Crippen LogP contribution in [0, 0.1) is 0 Å². The zero-order chi connectivity index (χ0) is 21.8.